The molecule has 1 saturated heterocycles. The van der Waals surface area contributed by atoms with Crippen molar-refractivity contribution in [3.63, 3.8) is 0 Å². The molecule has 92 valence electrons. The van der Waals surface area contributed by atoms with Crippen molar-refractivity contribution in [1.82, 2.24) is 5.32 Å². The Labute approximate surface area is 102 Å². The van der Waals surface area contributed by atoms with Crippen LogP contribution in [0, 0.1) is 5.92 Å². The third-order valence-electron chi connectivity index (χ3n) is 2.89. The van der Waals surface area contributed by atoms with Gasteiger partial charge in [-0.05, 0) is 57.1 Å². The van der Waals surface area contributed by atoms with Crippen molar-refractivity contribution in [2.45, 2.75) is 26.4 Å². The molecule has 3 heteroatoms. The molecule has 0 aromatic heterocycles. The van der Waals surface area contributed by atoms with Crippen molar-refractivity contribution in [2.75, 3.05) is 13.1 Å². The van der Waals surface area contributed by atoms with E-state index in [1.165, 1.54) is 0 Å². The number of rotatable bonds is 5. The van der Waals surface area contributed by atoms with Gasteiger partial charge in [0.2, 0.25) is 0 Å². The highest BCUT2D eigenvalue weighted by atomic mass is 16.5. The number of carbonyl (C=O) groups is 1. The summed E-state index contributed by atoms with van der Waals surface area (Å²) in [6.45, 7) is 5.92. The zero-order valence-electron chi connectivity index (χ0n) is 10.4. The minimum atomic E-state index is 0.164. The number of benzene rings is 1. The Bertz CT molecular complexity index is 380. The molecule has 0 amide bonds. The van der Waals surface area contributed by atoms with Crippen molar-refractivity contribution >= 4 is 5.78 Å². The SMILES string of the molecule is CC(C)Oc1ccc(C(=O)CC2CNC2)cc1. The molecule has 0 atom stereocenters. The van der Waals surface area contributed by atoms with Crippen LogP contribution in [-0.4, -0.2) is 25.0 Å². The summed E-state index contributed by atoms with van der Waals surface area (Å²) in [4.78, 5) is 11.9. The molecule has 2 rings (SSSR count). The summed E-state index contributed by atoms with van der Waals surface area (Å²) in [6, 6.07) is 7.44. The molecular formula is C14H19NO2. The largest absolute Gasteiger partial charge is 0.491 e. The molecule has 1 N–H and O–H groups in total. The monoisotopic (exact) mass is 233 g/mol. The molecule has 1 fully saturated rings. The van der Waals surface area contributed by atoms with Gasteiger partial charge in [-0.3, -0.25) is 4.79 Å². The van der Waals surface area contributed by atoms with Crippen molar-refractivity contribution in [3.05, 3.63) is 29.8 Å². The number of nitrogens with one attached hydrogen (secondary N) is 1. The fourth-order valence-electron chi connectivity index (χ4n) is 1.86. The van der Waals surface area contributed by atoms with E-state index >= 15 is 0 Å². The third-order valence-corrected chi connectivity index (χ3v) is 2.89. The van der Waals surface area contributed by atoms with Gasteiger partial charge >= 0.3 is 0 Å². The number of ketones is 1. The van der Waals surface area contributed by atoms with Crippen LogP contribution in [0.1, 0.15) is 30.6 Å². The molecule has 1 heterocycles. The summed E-state index contributed by atoms with van der Waals surface area (Å²) in [5, 5.41) is 3.18. The van der Waals surface area contributed by atoms with Crippen molar-refractivity contribution in [3.8, 4) is 5.75 Å². The number of hydrogen-bond acceptors (Lipinski definition) is 3. The van der Waals surface area contributed by atoms with E-state index in [2.05, 4.69) is 5.32 Å². The number of carbonyl (C=O) groups excluding carboxylic acids is 1. The van der Waals surface area contributed by atoms with Crippen LogP contribution in [0.3, 0.4) is 0 Å². The van der Waals surface area contributed by atoms with Gasteiger partial charge in [0, 0.05) is 12.0 Å². The summed E-state index contributed by atoms with van der Waals surface area (Å²) < 4.78 is 5.54. The molecule has 3 nitrogen and oxygen atoms in total. The van der Waals surface area contributed by atoms with Gasteiger partial charge in [-0.15, -0.1) is 0 Å². The van der Waals surface area contributed by atoms with E-state index in [-0.39, 0.29) is 11.9 Å². The normalized spacial score (nSPS) is 15.7. The van der Waals surface area contributed by atoms with E-state index in [1.54, 1.807) is 0 Å². The summed E-state index contributed by atoms with van der Waals surface area (Å²) in [7, 11) is 0. The van der Waals surface area contributed by atoms with Gasteiger partial charge in [0.1, 0.15) is 5.75 Å². The Morgan fingerprint density at radius 3 is 2.47 bits per heavy atom. The van der Waals surface area contributed by atoms with Crippen molar-refractivity contribution < 1.29 is 9.53 Å². The second-order valence-electron chi connectivity index (χ2n) is 4.84. The third kappa shape index (κ3) is 3.30. The average Bonchev–Trinajstić information content (AvgIpc) is 2.23. The summed E-state index contributed by atoms with van der Waals surface area (Å²) in [5.74, 6) is 1.57. The Morgan fingerprint density at radius 1 is 1.35 bits per heavy atom. The van der Waals surface area contributed by atoms with Crippen LogP contribution < -0.4 is 10.1 Å². The molecule has 1 aliphatic rings. The van der Waals surface area contributed by atoms with Gasteiger partial charge in [-0.1, -0.05) is 0 Å². The molecule has 0 spiro atoms. The second kappa shape index (κ2) is 5.32. The van der Waals surface area contributed by atoms with Gasteiger partial charge in [0.05, 0.1) is 6.10 Å². The van der Waals surface area contributed by atoms with Gasteiger partial charge < -0.3 is 10.1 Å². The predicted octanol–water partition coefficient (Wildman–Crippen LogP) is 2.27. The molecular weight excluding hydrogens is 214 g/mol. The zero-order valence-corrected chi connectivity index (χ0v) is 10.4. The van der Waals surface area contributed by atoms with Gasteiger partial charge in [0.15, 0.2) is 5.78 Å². The smallest absolute Gasteiger partial charge is 0.163 e. The van der Waals surface area contributed by atoms with Gasteiger partial charge in [-0.2, -0.15) is 0 Å². The lowest BCUT2D eigenvalue weighted by Crippen LogP contribution is -2.42. The van der Waals surface area contributed by atoms with Crippen molar-refractivity contribution in [1.29, 1.82) is 0 Å². The highest BCUT2D eigenvalue weighted by molar-refractivity contribution is 5.96. The topological polar surface area (TPSA) is 38.3 Å². The van der Waals surface area contributed by atoms with E-state index in [0.717, 1.165) is 24.4 Å². The Kier molecular flexibility index (Phi) is 3.79. The number of ether oxygens (including phenoxy) is 1. The van der Waals surface area contributed by atoms with Crippen LogP contribution in [0.5, 0.6) is 5.75 Å². The molecule has 1 aromatic rings. The second-order valence-corrected chi connectivity index (χ2v) is 4.84. The van der Waals surface area contributed by atoms with Crippen LogP contribution in [0.15, 0.2) is 24.3 Å². The first-order chi connectivity index (χ1) is 8.15. The summed E-state index contributed by atoms with van der Waals surface area (Å²) in [6.07, 6.45) is 0.815. The van der Waals surface area contributed by atoms with Crippen LogP contribution >= 0.6 is 0 Å². The van der Waals surface area contributed by atoms with E-state index in [9.17, 15) is 4.79 Å². The average molecular weight is 233 g/mol. The van der Waals surface area contributed by atoms with Crippen LogP contribution in [-0.2, 0) is 0 Å². The Hall–Kier alpha value is -1.35. The molecule has 0 saturated carbocycles. The molecule has 1 aliphatic heterocycles. The van der Waals surface area contributed by atoms with Crippen LogP contribution in [0.2, 0.25) is 0 Å². The molecule has 0 unspecified atom stereocenters. The fraction of sp³-hybridized carbons (Fsp3) is 0.500. The van der Waals surface area contributed by atoms with Crippen LogP contribution in [0.25, 0.3) is 0 Å². The predicted molar refractivity (Wildman–Crippen MR) is 67.5 cm³/mol. The fourth-order valence-corrected chi connectivity index (χ4v) is 1.86. The lowest BCUT2D eigenvalue weighted by atomic mass is 9.94. The Balaban J connectivity index is 1.94. The molecule has 17 heavy (non-hydrogen) atoms. The summed E-state index contributed by atoms with van der Waals surface area (Å²) >= 11 is 0. The van der Waals surface area contributed by atoms with E-state index < -0.39 is 0 Å². The summed E-state index contributed by atoms with van der Waals surface area (Å²) in [5.41, 5.74) is 0.785. The van der Waals surface area contributed by atoms with E-state index in [0.29, 0.717) is 12.3 Å². The minimum absolute atomic E-state index is 0.164. The first-order valence-corrected chi connectivity index (χ1v) is 6.16. The standard InChI is InChI=1S/C14H19NO2/c1-10(2)17-13-5-3-12(4-6-13)14(16)7-11-8-15-9-11/h3-6,10-11,15H,7-9H2,1-2H3. The molecule has 0 bridgehead atoms. The zero-order chi connectivity index (χ0) is 12.3. The first kappa shape index (κ1) is 12.1. The molecule has 1 aromatic carbocycles. The highest BCUT2D eigenvalue weighted by Gasteiger charge is 2.20. The number of hydrogen-bond donors (Lipinski definition) is 1. The minimum Gasteiger partial charge on any atom is -0.491 e. The van der Waals surface area contributed by atoms with Gasteiger partial charge in [0.25, 0.3) is 0 Å². The first-order valence-electron chi connectivity index (χ1n) is 6.16. The lowest BCUT2D eigenvalue weighted by molar-refractivity contribution is 0.0945. The lowest BCUT2D eigenvalue weighted by Gasteiger charge is -2.26. The highest BCUT2D eigenvalue weighted by Crippen LogP contribution is 2.17. The van der Waals surface area contributed by atoms with Crippen LogP contribution in [0.4, 0.5) is 0 Å². The van der Waals surface area contributed by atoms with E-state index in [4.69, 9.17) is 4.74 Å². The maximum atomic E-state index is 11.9. The maximum absolute atomic E-state index is 11.9. The van der Waals surface area contributed by atoms with Gasteiger partial charge in [-0.25, -0.2) is 0 Å². The number of Topliss-reactive ketones (excluding diaryl/α,β-unsaturated/α-hetero) is 1. The van der Waals surface area contributed by atoms with E-state index in [1.807, 2.05) is 38.1 Å². The quantitative estimate of drug-likeness (QED) is 0.793. The Morgan fingerprint density at radius 2 is 2.00 bits per heavy atom. The van der Waals surface area contributed by atoms with Crippen molar-refractivity contribution in [2.24, 2.45) is 5.92 Å². The maximum Gasteiger partial charge on any atom is 0.163 e. The molecule has 0 aliphatic carbocycles. The molecule has 0 radical (unpaired) electrons.